The van der Waals surface area contributed by atoms with Crippen LogP contribution in [0.4, 0.5) is 5.82 Å². The molecule has 5 N–H and O–H groups in total. The summed E-state index contributed by atoms with van der Waals surface area (Å²) >= 11 is 0. The van der Waals surface area contributed by atoms with Gasteiger partial charge in [-0.1, -0.05) is 6.07 Å². The fraction of sp³-hybridized carbons (Fsp3) is 0.478. The summed E-state index contributed by atoms with van der Waals surface area (Å²) in [6.07, 6.45) is 2.80. The second-order valence-corrected chi connectivity index (χ2v) is 8.64. The van der Waals surface area contributed by atoms with Gasteiger partial charge in [0.2, 0.25) is 5.91 Å². The van der Waals surface area contributed by atoms with Crippen LogP contribution in [0.1, 0.15) is 41.4 Å². The van der Waals surface area contributed by atoms with Gasteiger partial charge in [-0.3, -0.25) is 9.59 Å². The zero-order chi connectivity index (χ0) is 23.4. The van der Waals surface area contributed by atoms with Crippen LogP contribution in [0.25, 0.3) is 0 Å². The first-order valence-corrected chi connectivity index (χ1v) is 11.2. The highest BCUT2D eigenvalue weighted by atomic mass is 16.3. The first-order valence-electron chi connectivity index (χ1n) is 11.2. The lowest BCUT2D eigenvalue weighted by Crippen LogP contribution is -2.49. The molecule has 1 aromatic heterocycles. The van der Waals surface area contributed by atoms with E-state index in [1.165, 1.54) is 6.33 Å². The summed E-state index contributed by atoms with van der Waals surface area (Å²) in [4.78, 5) is 34.2. The quantitative estimate of drug-likeness (QED) is 0.423. The normalized spacial score (nSPS) is 19.5. The van der Waals surface area contributed by atoms with Gasteiger partial charge in [0.25, 0.3) is 5.91 Å². The van der Waals surface area contributed by atoms with E-state index < -0.39 is 6.10 Å². The summed E-state index contributed by atoms with van der Waals surface area (Å²) in [6.45, 7) is 3.61. The molecule has 2 aliphatic heterocycles. The summed E-state index contributed by atoms with van der Waals surface area (Å²) in [5, 5.41) is 29.5. The Morgan fingerprint density at radius 3 is 2.76 bits per heavy atom. The third kappa shape index (κ3) is 5.77. The van der Waals surface area contributed by atoms with Crippen LogP contribution in [0, 0.1) is 0 Å². The summed E-state index contributed by atoms with van der Waals surface area (Å²) in [6, 6.07) is 6.80. The monoisotopic (exact) mass is 454 g/mol. The highest BCUT2D eigenvalue weighted by molar-refractivity contribution is 5.92. The van der Waals surface area contributed by atoms with Gasteiger partial charge in [0.1, 0.15) is 23.6 Å². The van der Waals surface area contributed by atoms with Crippen molar-refractivity contribution in [1.82, 2.24) is 25.5 Å². The molecular weight excluding hydrogens is 424 g/mol. The summed E-state index contributed by atoms with van der Waals surface area (Å²) in [7, 11) is 0. The number of aromatic hydroxyl groups is 1. The number of aliphatic hydroxyl groups is 1. The Morgan fingerprint density at radius 1 is 1.21 bits per heavy atom. The molecule has 10 nitrogen and oxygen atoms in total. The Bertz CT molecular complexity index is 1010. The standard InChI is InChI=1S/C23H30N6O4/c1-14(30)29-6-4-17(5-7-29)28-22-10-20(26-13-27-22)23(33)25-12-21(32)19-9-15-2-3-18(31)8-16(15)11-24-19/h2-3,8,10,13,17,19,21,24,31-32H,4-7,9,11-12H2,1H3,(H,25,33)(H,26,27,28)/t19-,21+/m0/s1. The average Bonchev–Trinajstić information content (AvgIpc) is 2.82. The molecule has 2 atom stereocenters. The van der Waals surface area contributed by atoms with E-state index in [-0.39, 0.29) is 41.9 Å². The van der Waals surface area contributed by atoms with Gasteiger partial charge < -0.3 is 31.1 Å². The van der Waals surface area contributed by atoms with E-state index in [0.29, 0.717) is 31.9 Å². The zero-order valence-corrected chi connectivity index (χ0v) is 18.6. The average molecular weight is 455 g/mol. The Labute approximate surface area is 192 Å². The van der Waals surface area contributed by atoms with Crippen molar-refractivity contribution in [3.05, 3.63) is 47.4 Å². The SMILES string of the molecule is CC(=O)N1CCC(Nc2cc(C(=O)NC[C@@H](O)[C@@H]3Cc4ccc(O)cc4CN3)ncn2)CC1. The molecule has 0 spiro atoms. The van der Waals surface area contributed by atoms with Crippen LogP contribution < -0.4 is 16.0 Å². The Hall–Kier alpha value is -3.24. The lowest BCUT2D eigenvalue weighted by atomic mass is 9.92. The van der Waals surface area contributed by atoms with Crippen molar-refractivity contribution < 1.29 is 19.8 Å². The molecule has 2 aliphatic rings. The summed E-state index contributed by atoms with van der Waals surface area (Å²) < 4.78 is 0. The predicted octanol–water partition coefficient (Wildman–Crippen LogP) is 0.410. The molecule has 3 heterocycles. The molecular formula is C23H30N6O4. The molecule has 0 radical (unpaired) electrons. The minimum atomic E-state index is -0.776. The number of nitrogens with one attached hydrogen (secondary N) is 3. The Morgan fingerprint density at radius 2 is 2.00 bits per heavy atom. The minimum absolute atomic E-state index is 0.0835. The first-order chi connectivity index (χ1) is 15.9. The van der Waals surface area contributed by atoms with Gasteiger partial charge in [0.05, 0.1) is 6.10 Å². The highest BCUT2D eigenvalue weighted by Crippen LogP contribution is 2.22. The zero-order valence-electron chi connectivity index (χ0n) is 18.6. The van der Waals surface area contributed by atoms with Crippen molar-refractivity contribution in [2.24, 2.45) is 0 Å². The van der Waals surface area contributed by atoms with Crippen LogP contribution in [0.5, 0.6) is 5.75 Å². The lowest BCUT2D eigenvalue weighted by molar-refractivity contribution is -0.129. The van der Waals surface area contributed by atoms with E-state index >= 15 is 0 Å². The fourth-order valence-electron chi connectivity index (χ4n) is 4.34. The molecule has 33 heavy (non-hydrogen) atoms. The number of nitrogens with zero attached hydrogens (tertiary/aromatic N) is 3. The smallest absolute Gasteiger partial charge is 0.270 e. The van der Waals surface area contributed by atoms with Crippen LogP contribution in [0.15, 0.2) is 30.6 Å². The number of fused-ring (bicyclic) bond motifs is 1. The molecule has 176 valence electrons. The fourth-order valence-corrected chi connectivity index (χ4v) is 4.34. The largest absolute Gasteiger partial charge is 0.508 e. The van der Waals surface area contributed by atoms with Gasteiger partial charge in [-0.05, 0) is 42.5 Å². The maximum Gasteiger partial charge on any atom is 0.270 e. The number of anilines is 1. The van der Waals surface area contributed by atoms with E-state index in [1.54, 1.807) is 25.1 Å². The molecule has 1 saturated heterocycles. The number of phenols is 1. The molecule has 0 bridgehead atoms. The number of hydrogen-bond acceptors (Lipinski definition) is 8. The predicted molar refractivity (Wildman–Crippen MR) is 122 cm³/mol. The highest BCUT2D eigenvalue weighted by Gasteiger charge is 2.25. The van der Waals surface area contributed by atoms with Crippen LogP contribution in [0.2, 0.25) is 0 Å². The molecule has 0 saturated carbocycles. The second kappa shape index (κ2) is 10.1. The van der Waals surface area contributed by atoms with Gasteiger partial charge in [-0.25, -0.2) is 9.97 Å². The number of carbonyl (C=O) groups is 2. The summed E-state index contributed by atoms with van der Waals surface area (Å²) in [5.41, 5.74) is 2.30. The number of likely N-dealkylation sites (tertiary alicyclic amines) is 1. The number of carbonyl (C=O) groups excluding carboxylic acids is 2. The number of piperidine rings is 1. The molecule has 4 rings (SSSR count). The van der Waals surface area contributed by atoms with Crippen molar-refractivity contribution >= 4 is 17.6 Å². The van der Waals surface area contributed by atoms with Gasteiger partial charge in [-0.2, -0.15) is 0 Å². The van der Waals surface area contributed by atoms with Gasteiger partial charge >= 0.3 is 0 Å². The van der Waals surface area contributed by atoms with Crippen LogP contribution in [-0.2, 0) is 17.8 Å². The van der Waals surface area contributed by atoms with E-state index in [4.69, 9.17) is 0 Å². The van der Waals surface area contributed by atoms with Crippen LogP contribution in [0.3, 0.4) is 0 Å². The first kappa shape index (κ1) is 22.9. The molecule has 2 aromatic rings. The number of rotatable bonds is 6. The number of amides is 2. The van der Waals surface area contributed by atoms with Crippen LogP contribution in [-0.4, -0.2) is 74.7 Å². The maximum absolute atomic E-state index is 12.6. The van der Waals surface area contributed by atoms with Crippen molar-refractivity contribution in [2.75, 3.05) is 25.0 Å². The van der Waals surface area contributed by atoms with Crippen molar-refractivity contribution in [2.45, 2.75) is 50.9 Å². The van der Waals surface area contributed by atoms with E-state index in [9.17, 15) is 19.8 Å². The van der Waals surface area contributed by atoms with Crippen molar-refractivity contribution in [1.29, 1.82) is 0 Å². The van der Waals surface area contributed by atoms with E-state index in [0.717, 1.165) is 24.0 Å². The minimum Gasteiger partial charge on any atom is -0.508 e. The van der Waals surface area contributed by atoms with Gasteiger partial charge in [0.15, 0.2) is 0 Å². The maximum atomic E-state index is 12.6. The molecule has 1 fully saturated rings. The Balaban J connectivity index is 1.27. The number of phenolic OH excluding ortho intramolecular Hbond substituents is 1. The van der Waals surface area contributed by atoms with Gasteiger partial charge in [-0.15, -0.1) is 0 Å². The number of aliphatic hydroxyl groups excluding tert-OH is 1. The Kier molecular flexibility index (Phi) is 7.05. The second-order valence-electron chi connectivity index (χ2n) is 8.64. The van der Waals surface area contributed by atoms with Gasteiger partial charge in [0, 0.05) is 51.3 Å². The molecule has 0 aliphatic carbocycles. The third-order valence-electron chi connectivity index (χ3n) is 6.31. The molecule has 1 aromatic carbocycles. The van der Waals surface area contributed by atoms with E-state index in [2.05, 4.69) is 25.9 Å². The number of benzene rings is 1. The number of hydrogen-bond donors (Lipinski definition) is 5. The van der Waals surface area contributed by atoms with Crippen molar-refractivity contribution in [3.8, 4) is 5.75 Å². The van der Waals surface area contributed by atoms with Crippen LogP contribution >= 0.6 is 0 Å². The summed E-state index contributed by atoms with van der Waals surface area (Å²) in [5.74, 6) is 0.489. The molecule has 10 heteroatoms. The lowest BCUT2D eigenvalue weighted by Gasteiger charge is -2.32. The molecule has 0 unspecified atom stereocenters. The molecule has 2 amide bonds. The van der Waals surface area contributed by atoms with E-state index in [1.807, 2.05) is 11.0 Å². The number of aromatic nitrogens is 2. The third-order valence-corrected chi connectivity index (χ3v) is 6.31. The topological polar surface area (TPSA) is 140 Å². The van der Waals surface area contributed by atoms with Crippen molar-refractivity contribution in [3.63, 3.8) is 0 Å².